The van der Waals surface area contributed by atoms with Gasteiger partial charge < -0.3 is 15.3 Å². The van der Waals surface area contributed by atoms with Crippen LogP contribution in [0.2, 0.25) is 0 Å². The van der Waals surface area contributed by atoms with Gasteiger partial charge in [-0.15, -0.1) is 0 Å². The second-order valence-electron chi connectivity index (χ2n) is 5.06. The maximum atomic E-state index is 12.3. The molecule has 116 valence electrons. The molecule has 1 fully saturated rings. The van der Waals surface area contributed by atoms with Gasteiger partial charge in [-0.3, -0.25) is 9.48 Å². The highest BCUT2D eigenvalue weighted by molar-refractivity contribution is 7.99. The number of hydrogen-bond acceptors (Lipinski definition) is 4. The number of carbonyl (C=O) groups is 2. The Kier molecular flexibility index (Phi) is 5.11. The van der Waals surface area contributed by atoms with Gasteiger partial charge in [0.15, 0.2) is 0 Å². The minimum atomic E-state index is -0.872. The molecular weight excluding hydrogens is 292 g/mol. The highest BCUT2D eigenvalue weighted by Crippen LogP contribution is 2.19. The van der Waals surface area contributed by atoms with Gasteiger partial charge in [0, 0.05) is 42.9 Å². The summed E-state index contributed by atoms with van der Waals surface area (Å²) in [5.74, 6) is 0.643. The van der Waals surface area contributed by atoms with Crippen molar-refractivity contribution in [3.05, 3.63) is 17.5 Å². The van der Waals surface area contributed by atoms with Crippen LogP contribution < -0.4 is 5.32 Å². The third kappa shape index (κ3) is 3.90. The zero-order chi connectivity index (χ0) is 15.4. The molecular formula is C13H20N4O3S. The SMILES string of the molecule is Cc1c(CNC(=O)N2CCSCC2CC(=O)O)cnn1C. The highest BCUT2D eigenvalue weighted by Gasteiger charge is 2.28. The van der Waals surface area contributed by atoms with E-state index in [0.29, 0.717) is 18.8 Å². The molecule has 0 radical (unpaired) electrons. The van der Waals surface area contributed by atoms with Crippen molar-refractivity contribution in [2.45, 2.75) is 25.9 Å². The van der Waals surface area contributed by atoms with E-state index in [0.717, 1.165) is 17.0 Å². The predicted octanol–water partition coefficient (Wildman–Crippen LogP) is 0.830. The molecule has 2 N–H and O–H groups in total. The fourth-order valence-corrected chi connectivity index (χ4v) is 3.35. The van der Waals surface area contributed by atoms with Crippen LogP contribution in [0, 0.1) is 6.92 Å². The van der Waals surface area contributed by atoms with Crippen LogP contribution in [0.4, 0.5) is 4.79 Å². The molecule has 1 saturated heterocycles. The monoisotopic (exact) mass is 312 g/mol. The first kappa shape index (κ1) is 15.7. The van der Waals surface area contributed by atoms with E-state index in [2.05, 4.69) is 10.4 Å². The van der Waals surface area contributed by atoms with Gasteiger partial charge in [0.25, 0.3) is 0 Å². The van der Waals surface area contributed by atoms with Gasteiger partial charge >= 0.3 is 12.0 Å². The van der Waals surface area contributed by atoms with E-state index in [1.54, 1.807) is 27.5 Å². The van der Waals surface area contributed by atoms with E-state index in [1.807, 2.05) is 14.0 Å². The van der Waals surface area contributed by atoms with Crippen LogP contribution in [0.1, 0.15) is 17.7 Å². The number of hydrogen-bond donors (Lipinski definition) is 2. The number of thioether (sulfide) groups is 1. The van der Waals surface area contributed by atoms with E-state index in [9.17, 15) is 9.59 Å². The Morgan fingerprint density at radius 3 is 2.95 bits per heavy atom. The lowest BCUT2D eigenvalue weighted by atomic mass is 10.2. The van der Waals surface area contributed by atoms with Gasteiger partial charge in [0.2, 0.25) is 0 Å². The first-order valence-corrected chi connectivity index (χ1v) is 7.96. The molecule has 2 rings (SSSR count). The molecule has 1 aromatic rings. The summed E-state index contributed by atoms with van der Waals surface area (Å²) >= 11 is 1.69. The van der Waals surface area contributed by atoms with E-state index in [4.69, 9.17) is 5.11 Å². The van der Waals surface area contributed by atoms with Crippen molar-refractivity contribution in [1.29, 1.82) is 0 Å². The number of nitrogens with zero attached hydrogens (tertiary/aromatic N) is 3. The number of urea groups is 1. The van der Waals surface area contributed by atoms with Gasteiger partial charge in [-0.2, -0.15) is 16.9 Å². The Hall–Kier alpha value is -1.70. The normalized spacial score (nSPS) is 18.6. The summed E-state index contributed by atoms with van der Waals surface area (Å²) in [7, 11) is 1.85. The Bertz CT molecular complexity index is 531. The summed E-state index contributed by atoms with van der Waals surface area (Å²) in [6.45, 7) is 2.93. The predicted molar refractivity (Wildman–Crippen MR) is 80.3 cm³/mol. The van der Waals surface area contributed by atoms with Gasteiger partial charge in [-0.25, -0.2) is 4.79 Å². The molecule has 1 aliphatic heterocycles. The zero-order valence-corrected chi connectivity index (χ0v) is 13.0. The standard InChI is InChI=1S/C13H20N4O3S/c1-9-10(7-15-16(9)2)6-14-13(20)17-3-4-21-8-11(17)5-12(18)19/h7,11H,3-6,8H2,1-2H3,(H,14,20)(H,18,19). The van der Waals surface area contributed by atoms with Crippen molar-refractivity contribution in [2.24, 2.45) is 7.05 Å². The number of carbonyl (C=O) groups excluding carboxylic acids is 1. The molecule has 0 spiro atoms. The maximum Gasteiger partial charge on any atom is 0.317 e. The first-order valence-electron chi connectivity index (χ1n) is 6.80. The van der Waals surface area contributed by atoms with E-state index >= 15 is 0 Å². The molecule has 0 aromatic carbocycles. The molecule has 8 heteroatoms. The third-order valence-corrected chi connectivity index (χ3v) is 4.76. The van der Waals surface area contributed by atoms with Crippen molar-refractivity contribution in [3.63, 3.8) is 0 Å². The second kappa shape index (κ2) is 6.84. The van der Waals surface area contributed by atoms with Gasteiger partial charge in [0.1, 0.15) is 0 Å². The number of rotatable bonds is 4. The van der Waals surface area contributed by atoms with Crippen LogP contribution in [0.15, 0.2) is 6.20 Å². The molecule has 2 heterocycles. The van der Waals surface area contributed by atoms with Crippen LogP contribution in [0.5, 0.6) is 0 Å². The average Bonchev–Trinajstić information content (AvgIpc) is 2.76. The zero-order valence-electron chi connectivity index (χ0n) is 12.2. The third-order valence-electron chi connectivity index (χ3n) is 3.67. The number of nitrogens with one attached hydrogen (secondary N) is 1. The molecule has 2 amide bonds. The minimum Gasteiger partial charge on any atom is -0.481 e. The molecule has 0 aliphatic carbocycles. The quantitative estimate of drug-likeness (QED) is 0.860. The molecule has 1 unspecified atom stereocenters. The fourth-order valence-electron chi connectivity index (χ4n) is 2.28. The van der Waals surface area contributed by atoms with Crippen LogP contribution in [-0.2, 0) is 18.4 Å². The van der Waals surface area contributed by atoms with Crippen molar-refractivity contribution in [1.82, 2.24) is 20.0 Å². The minimum absolute atomic E-state index is 0.00760. The lowest BCUT2D eigenvalue weighted by Crippen LogP contribution is -2.51. The van der Waals surface area contributed by atoms with Crippen LogP contribution in [0.3, 0.4) is 0 Å². The highest BCUT2D eigenvalue weighted by atomic mass is 32.2. The Morgan fingerprint density at radius 2 is 2.33 bits per heavy atom. The number of aliphatic carboxylic acids is 1. The van der Waals surface area contributed by atoms with Crippen LogP contribution >= 0.6 is 11.8 Å². The smallest absolute Gasteiger partial charge is 0.317 e. The van der Waals surface area contributed by atoms with Crippen molar-refractivity contribution in [2.75, 3.05) is 18.1 Å². The number of aryl methyl sites for hydroxylation is 1. The van der Waals surface area contributed by atoms with Crippen LogP contribution in [0.25, 0.3) is 0 Å². The average molecular weight is 312 g/mol. The first-order chi connectivity index (χ1) is 9.99. The van der Waals surface area contributed by atoms with Crippen LogP contribution in [-0.4, -0.2) is 55.9 Å². The topological polar surface area (TPSA) is 87.5 Å². The summed E-state index contributed by atoms with van der Waals surface area (Å²) in [6, 6.07) is -0.443. The Balaban J connectivity index is 1.94. The Morgan fingerprint density at radius 1 is 1.57 bits per heavy atom. The largest absolute Gasteiger partial charge is 0.481 e. The van der Waals surface area contributed by atoms with Crippen molar-refractivity contribution in [3.8, 4) is 0 Å². The Labute approximate surface area is 127 Å². The summed E-state index contributed by atoms with van der Waals surface area (Å²) in [6.07, 6.45) is 1.72. The molecule has 0 saturated carbocycles. The molecule has 21 heavy (non-hydrogen) atoms. The molecule has 1 atom stereocenters. The summed E-state index contributed by atoms with van der Waals surface area (Å²) in [5, 5.41) is 15.9. The van der Waals surface area contributed by atoms with Crippen molar-refractivity contribution < 1.29 is 14.7 Å². The maximum absolute atomic E-state index is 12.3. The molecule has 1 aromatic heterocycles. The molecule has 1 aliphatic rings. The number of aromatic nitrogens is 2. The van der Waals surface area contributed by atoms with Gasteiger partial charge in [-0.1, -0.05) is 0 Å². The van der Waals surface area contributed by atoms with Crippen molar-refractivity contribution >= 4 is 23.8 Å². The number of carboxylic acid groups (broad SMARTS) is 1. The number of carboxylic acids is 1. The van der Waals surface area contributed by atoms with Gasteiger partial charge in [0.05, 0.1) is 18.7 Å². The number of amides is 2. The lowest BCUT2D eigenvalue weighted by molar-refractivity contribution is -0.138. The summed E-state index contributed by atoms with van der Waals surface area (Å²) in [5.41, 5.74) is 1.97. The van der Waals surface area contributed by atoms with E-state index in [-0.39, 0.29) is 18.5 Å². The van der Waals surface area contributed by atoms with E-state index < -0.39 is 5.97 Å². The summed E-state index contributed by atoms with van der Waals surface area (Å²) < 4.78 is 1.76. The molecule has 0 bridgehead atoms. The fraction of sp³-hybridized carbons (Fsp3) is 0.615. The molecule has 7 nitrogen and oxygen atoms in total. The summed E-state index contributed by atoms with van der Waals surface area (Å²) in [4.78, 5) is 24.8. The lowest BCUT2D eigenvalue weighted by Gasteiger charge is -2.34. The second-order valence-corrected chi connectivity index (χ2v) is 6.21. The van der Waals surface area contributed by atoms with Gasteiger partial charge in [-0.05, 0) is 6.92 Å². The van der Waals surface area contributed by atoms with E-state index in [1.165, 1.54) is 0 Å².